The molecule has 0 radical (unpaired) electrons. The van der Waals surface area contributed by atoms with E-state index in [1.165, 1.54) is 9.87 Å². The highest BCUT2D eigenvalue weighted by molar-refractivity contribution is 14.0. The van der Waals surface area contributed by atoms with E-state index in [4.69, 9.17) is 4.99 Å². The fourth-order valence-corrected chi connectivity index (χ4v) is 3.32. The van der Waals surface area contributed by atoms with Crippen molar-refractivity contribution in [1.82, 2.24) is 14.9 Å². The highest BCUT2D eigenvalue weighted by atomic mass is 127. The summed E-state index contributed by atoms with van der Waals surface area (Å²) >= 11 is 0. The van der Waals surface area contributed by atoms with Gasteiger partial charge in [-0.2, -0.15) is 0 Å². The fourth-order valence-electron chi connectivity index (χ4n) is 2.47. The lowest BCUT2D eigenvalue weighted by Gasteiger charge is -2.24. The molecule has 27 heavy (non-hydrogen) atoms. The van der Waals surface area contributed by atoms with Crippen molar-refractivity contribution in [2.45, 2.75) is 39.5 Å². The minimum Gasteiger partial charge on any atom is -0.357 e. The van der Waals surface area contributed by atoms with Crippen LogP contribution < -0.4 is 10.6 Å². The lowest BCUT2D eigenvalue weighted by atomic mass is 9.85. The SMILES string of the molecule is CCNC(=NCC(C)(C)c1ccccc1)NCCCN(C)S(=O)(=O)CC.I. The fraction of sp³-hybridized carbons (Fsp3) is 0.632. The number of hydrogen-bond acceptors (Lipinski definition) is 3. The summed E-state index contributed by atoms with van der Waals surface area (Å²) in [5, 5.41) is 6.53. The topological polar surface area (TPSA) is 73.8 Å². The van der Waals surface area contributed by atoms with Crippen molar-refractivity contribution in [1.29, 1.82) is 0 Å². The van der Waals surface area contributed by atoms with E-state index >= 15 is 0 Å². The summed E-state index contributed by atoms with van der Waals surface area (Å²) in [5.41, 5.74) is 1.20. The third-order valence-electron chi connectivity index (χ3n) is 4.31. The Bertz CT molecular complexity index is 664. The van der Waals surface area contributed by atoms with Crippen LogP contribution in [0.25, 0.3) is 0 Å². The minimum absolute atomic E-state index is 0. The van der Waals surface area contributed by atoms with Gasteiger partial charge in [0.15, 0.2) is 5.96 Å². The van der Waals surface area contributed by atoms with E-state index in [0.29, 0.717) is 19.6 Å². The maximum absolute atomic E-state index is 11.7. The molecule has 0 aliphatic heterocycles. The van der Waals surface area contributed by atoms with E-state index < -0.39 is 10.0 Å². The third kappa shape index (κ3) is 9.25. The van der Waals surface area contributed by atoms with Gasteiger partial charge in [0, 0.05) is 32.1 Å². The molecule has 0 heterocycles. The predicted molar refractivity (Wildman–Crippen MR) is 126 cm³/mol. The smallest absolute Gasteiger partial charge is 0.213 e. The first-order chi connectivity index (χ1) is 12.2. The van der Waals surface area contributed by atoms with Gasteiger partial charge < -0.3 is 10.6 Å². The molecule has 0 aromatic heterocycles. The van der Waals surface area contributed by atoms with E-state index in [1.54, 1.807) is 14.0 Å². The molecule has 0 unspecified atom stereocenters. The molecule has 0 aliphatic rings. The average Bonchev–Trinajstić information content (AvgIpc) is 2.63. The molecule has 0 fully saturated rings. The van der Waals surface area contributed by atoms with Crippen LogP contribution in [0.2, 0.25) is 0 Å². The van der Waals surface area contributed by atoms with Crippen LogP contribution in [0.15, 0.2) is 35.3 Å². The van der Waals surface area contributed by atoms with Gasteiger partial charge in [0.2, 0.25) is 10.0 Å². The first-order valence-electron chi connectivity index (χ1n) is 9.24. The number of nitrogens with zero attached hydrogens (tertiary/aromatic N) is 2. The number of nitrogens with one attached hydrogen (secondary N) is 2. The van der Waals surface area contributed by atoms with Crippen molar-refractivity contribution in [2.24, 2.45) is 4.99 Å². The van der Waals surface area contributed by atoms with Crippen LogP contribution in [0.5, 0.6) is 0 Å². The molecule has 0 amide bonds. The van der Waals surface area contributed by atoms with Gasteiger partial charge >= 0.3 is 0 Å². The summed E-state index contributed by atoms with van der Waals surface area (Å²) in [6.07, 6.45) is 0.724. The summed E-state index contributed by atoms with van der Waals surface area (Å²) < 4.78 is 24.9. The Hall–Kier alpha value is -0.870. The first kappa shape index (κ1) is 26.1. The van der Waals surface area contributed by atoms with Gasteiger partial charge in [-0.25, -0.2) is 12.7 Å². The van der Waals surface area contributed by atoms with Crippen LogP contribution in [0.1, 0.15) is 39.7 Å². The second-order valence-electron chi connectivity index (χ2n) is 6.95. The number of aliphatic imine (C=N–C) groups is 1. The van der Waals surface area contributed by atoms with Gasteiger partial charge in [-0.1, -0.05) is 44.2 Å². The molecule has 6 nitrogen and oxygen atoms in total. The molecule has 2 N–H and O–H groups in total. The molecule has 8 heteroatoms. The molecule has 1 aromatic rings. The lowest BCUT2D eigenvalue weighted by molar-refractivity contribution is 0.461. The largest absolute Gasteiger partial charge is 0.357 e. The minimum atomic E-state index is -3.11. The number of guanidine groups is 1. The Morgan fingerprint density at radius 1 is 1.15 bits per heavy atom. The van der Waals surface area contributed by atoms with Gasteiger partial charge in [-0.15, -0.1) is 24.0 Å². The summed E-state index contributed by atoms with van der Waals surface area (Å²) in [7, 11) is -1.48. The Balaban J connectivity index is 0.00000676. The zero-order chi connectivity index (χ0) is 19.6. The Morgan fingerprint density at radius 3 is 2.33 bits per heavy atom. The van der Waals surface area contributed by atoms with E-state index in [1.807, 2.05) is 25.1 Å². The van der Waals surface area contributed by atoms with E-state index in [2.05, 4.69) is 36.6 Å². The summed E-state index contributed by atoms with van der Waals surface area (Å²) in [4.78, 5) is 4.71. The van der Waals surface area contributed by atoms with Crippen molar-refractivity contribution in [2.75, 3.05) is 39.0 Å². The van der Waals surface area contributed by atoms with Crippen molar-refractivity contribution in [3.63, 3.8) is 0 Å². The molecule has 156 valence electrons. The molecule has 1 aromatic carbocycles. The average molecular weight is 510 g/mol. The van der Waals surface area contributed by atoms with Crippen LogP contribution in [0, 0.1) is 0 Å². The predicted octanol–water partition coefficient (Wildman–Crippen LogP) is 2.81. The highest BCUT2D eigenvalue weighted by Gasteiger charge is 2.20. The van der Waals surface area contributed by atoms with E-state index in [9.17, 15) is 8.42 Å². The summed E-state index contributed by atoms with van der Waals surface area (Å²) in [6.45, 7) is 10.7. The number of sulfonamides is 1. The quantitative estimate of drug-likeness (QED) is 0.220. The van der Waals surface area contributed by atoms with Crippen molar-refractivity contribution >= 4 is 40.0 Å². The zero-order valence-electron chi connectivity index (χ0n) is 17.2. The van der Waals surface area contributed by atoms with Gasteiger partial charge in [0.1, 0.15) is 0 Å². The Labute approximate surface area is 182 Å². The van der Waals surface area contributed by atoms with E-state index in [-0.39, 0.29) is 35.1 Å². The van der Waals surface area contributed by atoms with Gasteiger partial charge in [0.05, 0.1) is 12.3 Å². The Kier molecular flexibility index (Phi) is 12.2. The van der Waals surface area contributed by atoms with Crippen LogP contribution in [-0.4, -0.2) is 57.7 Å². The maximum atomic E-state index is 11.7. The van der Waals surface area contributed by atoms with Crippen LogP contribution in [0.4, 0.5) is 0 Å². The molecule has 0 atom stereocenters. The molecule has 0 saturated heterocycles. The summed E-state index contributed by atoms with van der Waals surface area (Å²) in [5.74, 6) is 0.896. The Morgan fingerprint density at radius 2 is 1.78 bits per heavy atom. The molecule has 0 saturated carbocycles. The molecule has 0 spiro atoms. The van der Waals surface area contributed by atoms with Gasteiger partial charge in [0.25, 0.3) is 0 Å². The van der Waals surface area contributed by atoms with Crippen LogP contribution in [0.3, 0.4) is 0 Å². The number of halogens is 1. The van der Waals surface area contributed by atoms with Crippen LogP contribution in [-0.2, 0) is 15.4 Å². The third-order valence-corrected chi connectivity index (χ3v) is 6.18. The van der Waals surface area contributed by atoms with Crippen molar-refractivity contribution in [3.05, 3.63) is 35.9 Å². The van der Waals surface area contributed by atoms with Gasteiger partial charge in [-0.05, 0) is 25.8 Å². The normalized spacial score (nSPS) is 12.6. The molecular formula is C19H35IN4O2S. The lowest BCUT2D eigenvalue weighted by Crippen LogP contribution is -2.40. The second-order valence-corrected chi connectivity index (χ2v) is 9.31. The number of benzene rings is 1. The zero-order valence-corrected chi connectivity index (χ0v) is 20.3. The van der Waals surface area contributed by atoms with E-state index in [0.717, 1.165) is 18.9 Å². The highest BCUT2D eigenvalue weighted by Crippen LogP contribution is 2.22. The second kappa shape index (κ2) is 12.6. The standard InChI is InChI=1S/C19H34N4O2S.HI/c1-6-20-18(21-14-11-15-23(5)26(24,25)7-2)22-16-19(3,4)17-12-9-8-10-13-17;/h8-10,12-13H,6-7,11,14-16H2,1-5H3,(H2,20,21,22);1H. The molecule has 0 bridgehead atoms. The monoisotopic (exact) mass is 510 g/mol. The van der Waals surface area contributed by atoms with Crippen LogP contribution >= 0.6 is 24.0 Å². The molecular weight excluding hydrogens is 475 g/mol. The number of rotatable bonds is 10. The van der Waals surface area contributed by atoms with Gasteiger partial charge in [-0.3, -0.25) is 4.99 Å². The van der Waals surface area contributed by atoms with Crippen molar-refractivity contribution < 1.29 is 8.42 Å². The molecule has 1 rings (SSSR count). The van der Waals surface area contributed by atoms with Crippen molar-refractivity contribution in [3.8, 4) is 0 Å². The maximum Gasteiger partial charge on any atom is 0.213 e. The molecule has 0 aliphatic carbocycles. The summed E-state index contributed by atoms with van der Waals surface area (Å²) in [6, 6.07) is 10.4. The first-order valence-corrected chi connectivity index (χ1v) is 10.9. The number of hydrogen-bond donors (Lipinski definition) is 2.